The van der Waals surface area contributed by atoms with Gasteiger partial charge in [0.05, 0.1) is 17.9 Å². The molecule has 0 bridgehead atoms. The summed E-state index contributed by atoms with van der Waals surface area (Å²) in [6.45, 7) is 3.44. The van der Waals surface area contributed by atoms with Gasteiger partial charge in [-0.2, -0.15) is 13.2 Å². The number of benzene rings is 1. The highest BCUT2D eigenvalue weighted by Crippen LogP contribution is 2.31. The van der Waals surface area contributed by atoms with Gasteiger partial charge in [0.15, 0.2) is 0 Å². The van der Waals surface area contributed by atoms with E-state index >= 15 is 0 Å². The quantitative estimate of drug-likeness (QED) is 0.786. The van der Waals surface area contributed by atoms with Crippen molar-refractivity contribution in [3.63, 3.8) is 0 Å². The second-order valence-corrected chi connectivity index (χ2v) is 5.86. The zero-order chi connectivity index (χ0) is 16.8. The van der Waals surface area contributed by atoms with E-state index in [0.29, 0.717) is 4.90 Å². The van der Waals surface area contributed by atoms with Crippen LogP contribution < -0.4 is 10.6 Å². The van der Waals surface area contributed by atoms with E-state index in [1.807, 2.05) is 0 Å². The van der Waals surface area contributed by atoms with Crippen LogP contribution in [0.3, 0.4) is 0 Å². The number of thioether (sulfide) groups is 1. The van der Waals surface area contributed by atoms with E-state index in [1.165, 1.54) is 12.1 Å². The Bertz CT molecular complexity index is 533. The van der Waals surface area contributed by atoms with Crippen LogP contribution >= 0.6 is 11.8 Å². The second kappa shape index (κ2) is 8.07. The summed E-state index contributed by atoms with van der Waals surface area (Å²) in [5, 5.41) is 5.02. The lowest BCUT2D eigenvalue weighted by Crippen LogP contribution is -2.40. The minimum Gasteiger partial charge on any atom is -0.352 e. The first-order valence-electron chi connectivity index (χ1n) is 6.54. The Hall–Kier alpha value is -1.70. The molecule has 0 aliphatic carbocycles. The third-order valence-corrected chi connectivity index (χ3v) is 3.42. The minimum absolute atomic E-state index is 0.0242. The van der Waals surface area contributed by atoms with Crippen molar-refractivity contribution in [2.45, 2.75) is 31.0 Å². The molecule has 0 saturated carbocycles. The van der Waals surface area contributed by atoms with Crippen LogP contribution in [0.15, 0.2) is 29.2 Å². The molecule has 0 saturated heterocycles. The van der Waals surface area contributed by atoms with Gasteiger partial charge in [-0.1, -0.05) is 6.07 Å². The molecule has 122 valence electrons. The number of hydrogen-bond acceptors (Lipinski definition) is 3. The standard InChI is InChI=1S/C14H17F3N2O2S/c1-9(2)19-12(20)7-18-13(21)8-22-11-5-3-4-10(6-11)14(15,16)17/h3-6,9H,7-8H2,1-2H3,(H,18,21)(H,19,20). The van der Waals surface area contributed by atoms with Crippen LogP contribution in [0.25, 0.3) is 0 Å². The fourth-order valence-corrected chi connectivity index (χ4v) is 2.30. The summed E-state index contributed by atoms with van der Waals surface area (Å²) in [5.74, 6) is -0.787. The number of alkyl halides is 3. The van der Waals surface area contributed by atoms with Gasteiger partial charge in [-0.3, -0.25) is 9.59 Å². The topological polar surface area (TPSA) is 58.2 Å². The maximum atomic E-state index is 12.5. The van der Waals surface area contributed by atoms with Gasteiger partial charge in [-0.15, -0.1) is 11.8 Å². The first-order chi connectivity index (χ1) is 10.2. The van der Waals surface area contributed by atoms with E-state index in [4.69, 9.17) is 0 Å². The summed E-state index contributed by atoms with van der Waals surface area (Å²) in [7, 11) is 0. The van der Waals surface area contributed by atoms with Crippen LogP contribution in [0.4, 0.5) is 13.2 Å². The number of carbonyl (C=O) groups is 2. The predicted molar refractivity (Wildman–Crippen MR) is 78.5 cm³/mol. The van der Waals surface area contributed by atoms with E-state index in [0.717, 1.165) is 23.9 Å². The fourth-order valence-electron chi connectivity index (χ4n) is 1.51. The maximum absolute atomic E-state index is 12.5. The zero-order valence-electron chi connectivity index (χ0n) is 12.2. The van der Waals surface area contributed by atoms with Gasteiger partial charge in [0, 0.05) is 10.9 Å². The molecule has 0 spiro atoms. The Morgan fingerprint density at radius 3 is 2.50 bits per heavy atom. The van der Waals surface area contributed by atoms with Crippen LogP contribution in [-0.2, 0) is 15.8 Å². The normalized spacial score (nSPS) is 11.4. The molecular formula is C14H17F3N2O2S. The molecule has 2 N–H and O–H groups in total. The number of hydrogen-bond donors (Lipinski definition) is 2. The van der Waals surface area contributed by atoms with E-state index in [2.05, 4.69) is 10.6 Å². The molecule has 0 radical (unpaired) electrons. The van der Waals surface area contributed by atoms with Crippen molar-refractivity contribution in [2.75, 3.05) is 12.3 Å². The maximum Gasteiger partial charge on any atom is 0.416 e. The Morgan fingerprint density at radius 2 is 1.91 bits per heavy atom. The van der Waals surface area contributed by atoms with Crippen molar-refractivity contribution in [1.82, 2.24) is 10.6 Å². The molecule has 0 aliphatic heterocycles. The lowest BCUT2D eigenvalue weighted by atomic mass is 10.2. The lowest BCUT2D eigenvalue weighted by molar-refractivity contribution is -0.137. The predicted octanol–water partition coefficient (Wildman–Crippen LogP) is 2.44. The SMILES string of the molecule is CC(C)NC(=O)CNC(=O)CSc1cccc(C(F)(F)F)c1. The van der Waals surface area contributed by atoms with Crippen molar-refractivity contribution in [3.8, 4) is 0 Å². The summed E-state index contributed by atoms with van der Waals surface area (Å²) in [5.41, 5.74) is -0.755. The molecular weight excluding hydrogens is 317 g/mol. The Balaban J connectivity index is 2.43. The summed E-state index contributed by atoms with van der Waals surface area (Å²) in [6, 6.07) is 4.73. The number of amides is 2. The smallest absolute Gasteiger partial charge is 0.352 e. The Labute approximate surface area is 130 Å². The largest absolute Gasteiger partial charge is 0.416 e. The van der Waals surface area contributed by atoms with Gasteiger partial charge in [0.1, 0.15) is 0 Å². The highest BCUT2D eigenvalue weighted by Gasteiger charge is 2.30. The van der Waals surface area contributed by atoms with Gasteiger partial charge in [0.2, 0.25) is 11.8 Å². The number of carbonyl (C=O) groups excluding carboxylic acids is 2. The number of nitrogens with one attached hydrogen (secondary N) is 2. The van der Waals surface area contributed by atoms with Gasteiger partial charge >= 0.3 is 6.18 Å². The van der Waals surface area contributed by atoms with Gasteiger partial charge in [-0.05, 0) is 32.0 Å². The molecule has 0 atom stereocenters. The summed E-state index contributed by atoms with van der Waals surface area (Å²) in [4.78, 5) is 23.2. The third-order valence-electron chi connectivity index (χ3n) is 2.43. The molecule has 1 aromatic rings. The van der Waals surface area contributed by atoms with Crippen LogP contribution in [0.2, 0.25) is 0 Å². The van der Waals surface area contributed by atoms with Crippen molar-refractivity contribution >= 4 is 23.6 Å². The van der Waals surface area contributed by atoms with Crippen molar-refractivity contribution in [1.29, 1.82) is 0 Å². The van der Waals surface area contributed by atoms with Crippen LogP contribution in [0, 0.1) is 0 Å². The van der Waals surface area contributed by atoms with Crippen molar-refractivity contribution < 1.29 is 22.8 Å². The first-order valence-corrected chi connectivity index (χ1v) is 7.53. The first kappa shape index (κ1) is 18.3. The molecule has 4 nitrogen and oxygen atoms in total. The molecule has 2 amide bonds. The van der Waals surface area contributed by atoms with Crippen molar-refractivity contribution in [3.05, 3.63) is 29.8 Å². The van der Waals surface area contributed by atoms with Gasteiger partial charge in [0.25, 0.3) is 0 Å². The molecule has 0 fully saturated rings. The second-order valence-electron chi connectivity index (χ2n) is 4.81. The van der Waals surface area contributed by atoms with Gasteiger partial charge < -0.3 is 10.6 Å². The lowest BCUT2D eigenvalue weighted by Gasteiger charge is -2.10. The number of halogens is 3. The molecule has 8 heteroatoms. The van der Waals surface area contributed by atoms with Crippen LogP contribution in [-0.4, -0.2) is 30.2 Å². The highest BCUT2D eigenvalue weighted by molar-refractivity contribution is 8.00. The third kappa shape index (κ3) is 6.84. The van der Waals surface area contributed by atoms with Crippen LogP contribution in [0.5, 0.6) is 0 Å². The van der Waals surface area contributed by atoms with E-state index in [1.54, 1.807) is 13.8 Å². The van der Waals surface area contributed by atoms with E-state index in [9.17, 15) is 22.8 Å². The molecule has 0 unspecified atom stereocenters. The summed E-state index contributed by atoms with van der Waals surface area (Å²) in [6.07, 6.45) is -4.41. The summed E-state index contributed by atoms with van der Waals surface area (Å²) >= 11 is 0.981. The highest BCUT2D eigenvalue weighted by atomic mass is 32.2. The summed E-state index contributed by atoms with van der Waals surface area (Å²) < 4.78 is 37.6. The molecule has 0 heterocycles. The number of rotatable bonds is 6. The Morgan fingerprint density at radius 1 is 1.23 bits per heavy atom. The fraction of sp³-hybridized carbons (Fsp3) is 0.429. The molecule has 0 aromatic heterocycles. The minimum atomic E-state index is -4.41. The zero-order valence-corrected chi connectivity index (χ0v) is 13.0. The molecule has 0 aliphatic rings. The average molecular weight is 334 g/mol. The Kier molecular flexibility index (Phi) is 6.73. The van der Waals surface area contributed by atoms with E-state index < -0.39 is 17.6 Å². The molecule has 1 rings (SSSR count). The van der Waals surface area contributed by atoms with Crippen molar-refractivity contribution in [2.24, 2.45) is 0 Å². The average Bonchev–Trinajstić information content (AvgIpc) is 2.41. The monoisotopic (exact) mass is 334 g/mol. The molecule has 1 aromatic carbocycles. The van der Waals surface area contributed by atoms with Crippen LogP contribution in [0.1, 0.15) is 19.4 Å². The molecule has 22 heavy (non-hydrogen) atoms. The van der Waals surface area contributed by atoms with E-state index in [-0.39, 0.29) is 24.2 Å². The van der Waals surface area contributed by atoms with Gasteiger partial charge in [-0.25, -0.2) is 0 Å².